The van der Waals surface area contributed by atoms with Crippen molar-refractivity contribution < 1.29 is 14.6 Å². The molecule has 4 N–H and O–H groups in total. The molecule has 1 aromatic carbocycles. The van der Waals surface area contributed by atoms with E-state index in [9.17, 15) is 14.6 Å². The van der Waals surface area contributed by atoms with Gasteiger partial charge in [0.1, 0.15) is 11.9 Å². The molecule has 0 heterocycles. The van der Waals surface area contributed by atoms with Crippen LogP contribution < -0.4 is 5.73 Å². The Morgan fingerprint density at radius 3 is 2.67 bits per heavy atom. The van der Waals surface area contributed by atoms with E-state index >= 15 is 0 Å². The summed E-state index contributed by atoms with van der Waals surface area (Å²) in [6.45, 7) is 1.87. The molecule has 2 unspecified atom stereocenters. The van der Waals surface area contributed by atoms with Gasteiger partial charge in [-0.3, -0.25) is 0 Å². The molecule has 0 aliphatic rings. The highest BCUT2D eigenvalue weighted by Gasteiger charge is 2.21. The Kier molecular flexibility index (Phi) is 4.20. The summed E-state index contributed by atoms with van der Waals surface area (Å²) in [7, 11) is 0. The molecule has 4 heteroatoms. The van der Waals surface area contributed by atoms with E-state index < -0.39 is 18.0 Å². The van der Waals surface area contributed by atoms with Crippen molar-refractivity contribution in [2.75, 3.05) is 6.54 Å². The van der Waals surface area contributed by atoms with Crippen molar-refractivity contribution in [3.63, 3.8) is 0 Å². The SMILES string of the molecule is Cc1cccc(C(O)C(O)CCN)c1F. The van der Waals surface area contributed by atoms with Crippen molar-refractivity contribution in [2.24, 2.45) is 5.73 Å². The normalized spacial score (nSPS) is 15.0. The zero-order valence-corrected chi connectivity index (χ0v) is 8.65. The number of hydrogen-bond donors (Lipinski definition) is 3. The van der Waals surface area contributed by atoms with E-state index in [2.05, 4.69) is 0 Å². The first kappa shape index (κ1) is 12.1. The third-order valence-corrected chi connectivity index (χ3v) is 2.37. The van der Waals surface area contributed by atoms with Gasteiger partial charge < -0.3 is 15.9 Å². The van der Waals surface area contributed by atoms with Crippen LogP contribution >= 0.6 is 0 Å². The molecule has 0 radical (unpaired) electrons. The summed E-state index contributed by atoms with van der Waals surface area (Å²) in [5.41, 5.74) is 5.82. The lowest BCUT2D eigenvalue weighted by Gasteiger charge is -2.18. The van der Waals surface area contributed by atoms with E-state index in [-0.39, 0.29) is 18.5 Å². The first-order chi connectivity index (χ1) is 7.07. The lowest BCUT2D eigenvalue weighted by atomic mass is 10.00. The van der Waals surface area contributed by atoms with Crippen molar-refractivity contribution in [1.82, 2.24) is 0 Å². The maximum Gasteiger partial charge on any atom is 0.132 e. The Balaban J connectivity index is 2.90. The third kappa shape index (κ3) is 2.75. The summed E-state index contributed by atoms with van der Waals surface area (Å²) in [4.78, 5) is 0. The number of aryl methyl sites for hydroxylation is 1. The van der Waals surface area contributed by atoms with Crippen LogP contribution in [-0.4, -0.2) is 22.9 Å². The van der Waals surface area contributed by atoms with Gasteiger partial charge in [-0.05, 0) is 25.5 Å². The van der Waals surface area contributed by atoms with Gasteiger partial charge in [0.15, 0.2) is 0 Å². The molecule has 0 saturated carbocycles. The van der Waals surface area contributed by atoms with Crippen LogP contribution in [0.1, 0.15) is 23.7 Å². The zero-order valence-electron chi connectivity index (χ0n) is 8.65. The van der Waals surface area contributed by atoms with E-state index in [1.807, 2.05) is 0 Å². The maximum absolute atomic E-state index is 13.6. The highest BCUT2D eigenvalue weighted by molar-refractivity contribution is 5.27. The lowest BCUT2D eigenvalue weighted by molar-refractivity contribution is 0.0129. The Hall–Kier alpha value is -0.970. The average molecular weight is 213 g/mol. The van der Waals surface area contributed by atoms with Crippen molar-refractivity contribution in [3.05, 3.63) is 35.1 Å². The second-order valence-electron chi connectivity index (χ2n) is 3.57. The molecular weight excluding hydrogens is 197 g/mol. The lowest BCUT2D eigenvalue weighted by Crippen LogP contribution is -2.22. The molecule has 84 valence electrons. The number of hydrogen-bond acceptors (Lipinski definition) is 3. The van der Waals surface area contributed by atoms with Gasteiger partial charge in [0, 0.05) is 5.56 Å². The summed E-state index contributed by atoms with van der Waals surface area (Å²) in [6, 6.07) is 4.72. The second-order valence-corrected chi connectivity index (χ2v) is 3.57. The Morgan fingerprint density at radius 1 is 1.40 bits per heavy atom. The van der Waals surface area contributed by atoms with Crippen LogP contribution in [0.4, 0.5) is 4.39 Å². The van der Waals surface area contributed by atoms with Gasteiger partial charge in [0.05, 0.1) is 6.10 Å². The second kappa shape index (κ2) is 5.21. The number of aliphatic hydroxyl groups is 2. The Morgan fingerprint density at radius 2 is 2.07 bits per heavy atom. The third-order valence-electron chi connectivity index (χ3n) is 2.37. The highest BCUT2D eigenvalue weighted by atomic mass is 19.1. The molecule has 0 fully saturated rings. The topological polar surface area (TPSA) is 66.5 Å². The molecule has 0 bridgehead atoms. The monoisotopic (exact) mass is 213 g/mol. The predicted molar refractivity (Wildman–Crippen MR) is 55.8 cm³/mol. The van der Waals surface area contributed by atoms with E-state index in [0.717, 1.165) is 0 Å². The minimum absolute atomic E-state index is 0.121. The van der Waals surface area contributed by atoms with Crippen molar-refractivity contribution in [1.29, 1.82) is 0 Å². The van der Waals surface area contributed by atoms with E-state index in [1.165, 1.54) is 6.07 Å². The molecule has 1 rings (SSSR count). The number of halogens is 1. The van der Waals surface area contributed by atoms with Gasteiger partial charge in [-0.15, -0.1) is 0 Å². The van der Waals surface area contributed by atoms with Gasteiger partial charge in [-0.25, -0.2) is 4.39 Å². The quantitative estimate of drug-likeness (QED) is 0.695. The molecule has 15 heavy (non-hydrogen) atoms. The minimum atomic E-state index is -1.21. The van der Waals surface area contributed by atoms with Crippen LogP contribution in [0, 0.1) is 12.7 Å². The first-order valence-electron chi connectivity index (χ1n) is 4.89. The highest BCUT2D eigenvalue weighted by Crippen LogP contribution is 2.23. The van der Waals surface area contributed by atoms with Crippen LogP contribution in [0.25, 0.3) is 0 Å². The van der Waals surface area contributed by atoms with Gasteiger partial charge in [-0.1, -0.05) is 18.2 Å². The Labute approximate surface area is 88.4 Å². The fraction of sp³-hybridized carbons (Fsp3) is 0.455. The number of nitrogens with two attached hydrogens (primary N) is 1. The summed E-state index contributed by atoms with van der Waals surface area (Å²) in [5.74, 6) is -0.471. The largest absolute Gasteiger partial charge is 0.390 e. The predicted octanol–water partition coefficient (Wildman–Crippen LogP) is 0.877. The molecule has 0 amide bonds. The smallest absolute Gasteiger partial charge is 0.132 e. The van der Waals surface area contributed by atoms with Gasteiger partial charge in [0.25, 0.3) is 0 Å². The summed E-state index contributed by atoms with van der Waals surface area (Å²) < 4.78 is 13.6. The molecule has 2 atom stereocenters. The molecule has 0 aromatic heterocycles. The molecule has 0 saturated heterocycles. The van der Waals surface area contributed by atoms with E-state index in [0.29, 0.717) is 5.56 Å². The van der Waals surface area contributed by atoms with Gasteiger partial charge in [-0.2, -0.15) is 0 Å². The summed E-state index contributed by atoms with van der Waals surface area (Å²) in [5, 5.41) is 19.2. The van der Waals surface area contributed by atoms with Crippen molar-refractivity contribution in [2.45, 2.75) is 25.6 Å². The number of aliphatic hydroxyl groups excluding tert-OH is 2. The number of benzene rings is 1. The number of rotatable bonds is 4. The van der Waals surface area contributed by atoms with Crippen LogP contribution in [0.3, 0.4) is 0 Å². The van der Waals surface area contributed by atoms with Crippen LogP contribution in [0.2, 0.25) is 0 Å². The molecular formula is C11H16FNO2. The van der Waals surface area contributed by atoms with Crippen LogP contribution in [0.5, 0.6) is 0 Å². The van der Waals surface area contributed by atoms with Crippen LogP contribution in [-0.2, 0) is 0 Å². The summed E-state index contributed by atoms with van der Waals surface area (Å²) >= 11 is 0. The fourth-order valence-electron chi connectivity index (χ4n) is 1.43. The zero-order chi connectivity index (χ0) is 11.4. The van der Waals surface area contributed by atoms with Crippen molar-refractivity contribution >= 4 is 0 Å². The molecule has 3 nitrogen and oxygen atoms in total. The molecule has 0 spiro atoms. The molecule has 1 aromatic rings. The molecule has 0 aliphatic carbocycles. The summed E-state index contributed by atoms with van der Waals surface area (Å²) in [6.07, 6.45) is -1.99. The Bertz CT molecular complexity index is 330. The standard InChI is InChI=1S/C11H16FNO2/c1-7-3-2-4-8(10(7)12)11(15)9(14)5-6-13/h2-4,9,11,14-15H,5-6,13H2,1H3. The van der Waals surface area contributed by atoms with E-state index in [1.54, 1.807) is 19.1 Å². The molecule has 0 aliphatic heterocycles. The van der Waals surface area contributed by atoms with E-state index in [4.69, 9.17) is 5.73 Å². The maximum atomic E-state index is 13.6. The van der Waals surface area contributed by atoms with Crippen LogP contribution in [0.15, 0.2) is 18.2 Å². The fourth-order valence-corrected chi connectivity index (χ4v) is 1.43. The van der Waals surface area contributed by atoms with Gasteiger partial charge >= 0.3 is 0 Å². The van der Waals surface area contributed by atoms with Crippen molar-refractivity contribution in [3.8, 4) is 0 Å². The first-order valence-corrected chi connectivity index (χ1v) is 4.89. The minimum Gasteiger partial charge on any atom is -0.390 e. The van der Waals surface area contributed by atoms with Gasteiger partial charge in [0.2, 0.25) is 0 Å². The average Bonchev–Trinajstić information content (AvgIpc) is 2.21.